The number of carbonyl (C=O) groups is 1. The first-order valence-corrected chi connectivity index (χ1v) is 6.94. The molecule has 8 nitrogen and oxygen atoms in total. The zero-order valence-electron chi connectivity index (χ0n) is 10.9. The minimum atomic E-state index is -0.447. The van der Waals surface area contributed by atoms with Crippen LogP contribution in [0, 0.1) is 0 Å². The molecule has 0 spiro atoms. The Hall–Kier alpha value is -1.58. The molecule has 2 rings (SSSR count). The summed E-state index contributed by atoms with van der Waals surface area (Å²) >= 11 is 1.51. The molecule has 2 atom stereocenters. The summed E-state index contributed by atoms with van der Waals surface area (Å²) in [6.45, 7) is 1.47. The zero-order valence-corrected chi connectivity index (χ0v) is 11.7. The average molecular weight is 301 g/mol. The number of hydrogen-bond donors (Lipinski definition) is 1. The van der Waals surface area contributed by atoms with Gasteiger partial charge in [-0.3, -0.25) is 9.36 Å². The number of anilines is 1. The maximum Gasteiger partial charge on any atom is 0.351 e. The van der Waals surface area contributed by atoms with E-state index < -0.39 is 17.9 Å². The molecule has 0 saturated carbocycles. The highest BCUT2D eigenvalue weighted by Crippen LogP contribution is 2.30. The molecular weight excluding hydrogens is 286 g/mol. The second-order valence-corrected chi connectivity index (χ2v) is 5.21. The second-order valence-electron chi connectivity index (χ2n) is 4.02. The van der Waals surface area contributed by atoms with Crippen molar-refractivity contribution in [1.82, 2.24) is 9.55 Å². The summed E-state index contributed by atoms with van der Waals surface area (Å²) in [6.07, 6.45) is 1.15. The molecule has 0 amide bonds. The van der Waals surface area contributed by atoms with E-state index in [1.807, 2.05) is 0 Å². The van der Waals surface area contributed by atoms with E-state index in [1.54, 1.807) is 12.3 Å². The van der Waals surface area contributed by atoms with Gasteiger partial charge in [-0.25, -0.2) is 4.79 Å². The number of nitrogens with two attached hydrogens (primary N) is 1. The first-order valence-electron chi connectivity index (χ1n) is 5.89. The standard InChI is InChI=1S/C11H15N3O5S/c1-7(15)18-6-17-4-10-19-9(5-20-10)14-3-2-8(12)13-11(14)16/h2-3,9-10H,4-6H2,1H3,(H2,12,13,16)/t9-,10+/m1/s1. The first kappa shape index (κ1) is 14.8. The van der Waals surface area contributed by atoms with Crippen LogP contribution in [0.2, 0.25) is 0 Å². The van der Waals surface area contributed by atoms with Crippen LogP contribution >= 0.6 is 11.8 Å². The summed E-state index contributed by atoms with van der Waals surface area (Å²) in [6, 6.07) is 1.54. The Labute approximate surface area is 119 Å². The predicted molar refractivity (Wildman–Crippen MR) is 71.9 cm³/mol. The van der Waals surface area contributed by atoms with Gasteiger partial charge in [0.15, 0.2) is 6.79 Å². The highest BCUT2D eigenvalue weighted by atomic mass is 32.2. The van der Waals surface area contributed by atoms with Gasteiger partial charge in [0.25, 0.3) is 0 Å². The van der Waals surface area contributed by atoms with Gasteiger partial charge in [-0.2, -0.15) is 4.98 Å². The monoisotopic (exact) mass is 301 g/mol. The van der Waals surface area contributed by atoms with Crippen LogP contribution in [0.1, 0.15) is 13.2 Å². The fourth-order valence-corrected chi connectivity index (χ4v) is 2.61. The summed E-state index contributed by atoms with van der Waals surface area (Å²) in [5.74, 6) is 0.383. The molecule has 0 bridgehead atoms. The molecule has 2 heterocycles. The van der Waals surface area contributed by atoms with E-state index in [9.17, 15) is 9.59 Å². The van der Waals surface area contributed by atoms with Crippen molar-refractivity contribution in [3.05, 3.63) is 22.7 Å². The lowest BCUT2D eigenvalue weighted by molar-refractivity contribution is -0.156. The van der Waals surface area contributed by atoms with Gasteiger partial charge in [-0.05, 0) is 6.07 Å². The number of aromatic nitrogens is 2. The molecule has 1 fully saturated rings. The molecule has 1 aliphatic heterocycles. The Balaban J connectivity index is 1.83. The van der Waals surface area contributed by atoms with Crippen molar-refractivity contribution < 1.29 is 19.0 Å². The van der Waals surface area contributed by atoms with Gasteiger partial charge in [-0.1, -0.05) is 0 Å². The van der Waals surface area contributed by atoms with Gasteiger partial charge < -0.3 is 19.9 Å². The van der Waals surface area contributed by atoms with Crippen molar-refractivity contribution in [2.45, 2.75) is 18.6 Å². The van der Waals surface area contributed by atoms with Crippen molar-refractivity contribution in [3.8, 4) is 0 Å². The highest BCUT2D eigenvalue weighted by Gasteiger charge is 2.28. The summed E-state index contributed by atoms with van der Waals surface area (Å²) < 4.78 is 16.8. The largest absolute Gasteiger partial charge is 0.439 e. The third-order valence-corrected chi connectivity index (χ3v) is 3.59. The van der Waals surface area contributed by atoms with Crippen molar-refractivity contribution in [2.24, 2.45) is 0 Å². The minimum absolute atomic E-state index is 0.107. The lowest BCUT2D eigenvalue weighted by Crippen LogP contribution is -2.28. The molecule has 0 radical (unpaired) electrons. The van der Waals surface area contributed by atoms with Crippen molar-refractivity contribution in [1.29, 1.82) is 0 Å². The summed E-state index contributed by atoms with van der Waals surface area (Å²) in [4.78, 5) is 25.9. The van der Waals surface area contributed by atoms with Crippen LogP contribution in [0.5, 0.6) is 0 Å². The SMILES string of the molecule is CC(=O)OCOC[C@H]1O[C@@H](n2ccc(N)nc2=O)CS1. The molecule has 110 valence electrons. The molecule has 9 heteroatoms. The Kier molecular flexibility index (Phi) is 4.99. The first-order chi connectivity index (χ1) is 9.56. The normalized spacial score (nSPS) is 21.9. The van der Waals surface area contributed by atoms with Gasteiger partial charge in [0.1, 0.15) is 17.5 Å². The van der Waals surface area contributed by atoms with E-state index in [2.05, 4.69) is 9.72 Å². The number of thioether (sulfide) groups is 1. The van der Waals surface area contributed by atoms with Crippen LogP contribution in [-0.4, -0.2) is 40.1 Å². The van der Waals surface area contributed by atoms with Gasteiger partial charge in [0.2, 0.25) is 0 Å². The lowest BCUT2D eigenvalue weighted by atomic mass is 10.5. The molecule has 1 aromatic rings. The van der Waals surface area contributed by atoms with E-state index in [4.69, 9.17) is 15.2 Å². The summed E-state index contributed by atoms with van der Waals surface area (Å²) in [5, 5.41) is 0. The van der Waals surface area contributed by atoms with E-state index in [0.717, 1.165) is 0 Å². The van der Waals surface area contributed by atoms with Crippen LogP contribution in [0.15, 0.2) is 17.1 Å². The number of ether oxygens (including phenoxy) is 3. The number of rotatable bonds is 5. The van der Waals surface area contributed by atoms with Crippen LogP contribution in [0.4, 0.5) is 5.82 Å². The molecule has 0 aromatic carbocycles. The quantitative estimate of drug-likeness (QED) is 0.458. The molecular formula is C11H15N3O5S. The maximum atomic E-state index is 11.7. The Morgan fingerprint density at radius 3 is 3.20 bits per heavy atom. The molecule has 1 aromatic heterocycles. The smallest absolute Gasteiger partial charge is 0.351 e. The number of nitrogens with zero attached hydrogens (tertiary/aromatic N) is 2. The second kappa shape index (κ2) is 6.73. The molecule has 1 saturated heterocycles. The molecule has 2 N–H and O–H groups in total. The van der Waals surface area contributed by atoms with Crippen LogP contribution in [0.3, 0.4) is 0 Å². The van der Waals surface area contributed by atoms with Crippen LogP contribution < -0.4 is 11.4 Å². The summed E-state index contributed by atoms with van der Waals surface area (Å²) in [5.41, 5.74) is 4.76. The lowest BCUT2D eigenvalue weighted by Gasteiger charge is -2.14. The van der Waals surface area contributed by atoms with E-state index in [-0.39, 0.29) is 24.7 Å². The van der Waals surface area contributed by atoms with Crippen molar-refractivity contribution >= 4 is 23.5 Å². The maximum absolute atomic E-state index is 11.7. The third kappa shape index (κ3) is 3.95. The van der Waals surface area contributed by atoms with Gasteiger partial charge in [0.05, 0.1) is 6.61 Å². The summed E-state index contributed by atoms with van der Waals surface area (Å²) in [7, 11) is 0. The fraction of sp³-hybridized carbons (Fsp3) is 0.545. The number of nitrogen functional groups attached to an aromatic ring is 1. The van der Waals surface area contributed by atoms with Gasteiger partial charge in [0, 0.05) is 18.9 Å². The van der Waals surface area contributed by atoms with Gasteiger partial charge >= 0.3 is 11.7 Å². The molecule has 0 unspecified atom stereocenters. The van der Waals surface area contributed by atoms with Crippen LogP contribution in [0.25, 0.3) is 0 Å². The Bertz CT molecular complexity index is 535. The van der Waals surface area contributed by atoms with Crippen LogP contribution in [-0.2, 0) is 19.0 Å². The predicted octanol–water partition coefficient (Wildman–Crippen LogP) is -0.0492. The Morgan fingerprint density at radius 2 is 2.50 bits per heavy atom. The van der Waals surface area contributed by atoms with E-state index >= 15 is 0 Å². The molecule has 0 aliphatic carbocycles. The zero-order chi connectivity index (χ0) is 14.5. The molecule has 1 aliphatic rings. The topological polar surface area (TPSA) is 106 Å². The number of hydrogen-bond acceptors (Lipinski definition) is 8. The molecule has 20 heavy (non-hydrogen) atoms. The van der Waals surface area contributed by atoms with Crippen molar-refractivity contribution in [2.75, 3.05) is 24.9 Å². The average Bonchev–Trinajstić information content (AvgIpc) is 2.83. The number of carbonyl (C=O) groups excluding carboxylic acids is 1. The van der Waals surface area contributed by atoms with Gasteiger partial charge in [-0.15, -0.1) is 11.8 Å². The van der Waals surface area contributed by atoms with Crippen molar-refractivity contribution in [3.63, 3.8) is 0 Å². The fourth-order valence-electron chi connectivity index (χ4n) is 1.59. The minimum Gasteiger partial charge on any atom is -0.439 e. The highest BCUT2D eigenvalue weighted by molar-refractivity contribution is 8.00. The third-order valence-electron chi connectivity index (χ3n) is 2.49. The Morgan fingerprint density at radius 1 is 1.70 bits per heavy atom. The number of esters is 1. The van der Waals surface area contributed by atoms with E-state index in [1.165, 1.54) is 23.3 Å². The van der Waals surface area contributed by atoms with E-state index in [0.29, 0.717) is 5.75 Å².